The van der Waals surface area contributed by atoms with Gasteiger partial charge < -0.3 is 9.47 Å². The smallest absolute Gasteiger partial charge is 0.387 e. The normalized spacial score (nSPS) is 10.5. The zero-order valence-corrected chi connectivity index (χ0v) is 12.5. The maximum atomic E-state index is 12.2. The van der Waals surface area contributed by atoms with E-state index in [2.05, 4.69) is 15.6 Å². The minimum atomic E-state index is -3.00. The van der Waals surface area contributed by atoms with Gasteiger partial charge in [-0.1, -0.05) is 13.8 Å². The number of benzene rings is 1. The van der Waals surface area contributed by atoms with Crippen molar-refractivity contribution < 1.29 is 27.8 Å². The number of alkyl halides is 2. The van der Waals surface area contributed by atoms with Crippen LogP contribution in [0.1, 0.15) is 30.6 Å². The number of hydrogen-bond donors (Lipinski definition) is 2. The van der Waals surface area contributed by atoms with Gasteiger partial charge in [0.25, 0.3) is 5.91 Å². The lowest BCUT2D eigenvalue weighted by atomic mass is 10.1. The zero-order chi connectivity index (χ0) is 16.7. The van der Waals surface area contributed by atoms with Crippen LogP contribution in [0.2, 0.25) is 0 Å². The van der Waals surface area contributed by atoms with Gasteiger partial charge in [0.15, 0.2) is 11.5 Å². The van der Waals surface area contributed by atoms with Crippen LogP contribution in [-0.4, -0.2) is 25.5 Å². The maximum absolute atomic E-state index is 12.2. The summed E-state index contributed by atoms with van der Waals surface area (Å²) in [5.41, 5.74) is 4.63. The standard InChI is InChI=1S/C14H18F2N2O4/c1-8(2)6-12(19)17-18-13(20)9-4-5-10(22-14(15)16)11(7-9)21-3/h4-5,7-8,14H,6H2,1-3H3,(H,17,19)(H,18,20). The average Bonchev–Trinajstić information content (AvgIpc) is 2.43. The van der Waals surface area contributed by atoms with E-state index in [1.54, 1.807) is 0 Å². The first-order valence-corrected chi connectivity index (χ1v) is 6.55. The molecular weight excluding hydrogens is 298 g/mol. The summed E-state index contributed by atoms with van der Waals surface area (Å²) in [6.45, 7) is 0.742. The third kappa shape index (κ3) is 5.55. The first-order chi connectivity index (χ1) is 10.3. The van der Waals surface area contributed by atoms with Crippen LogP contribution in [0.25, 0.3) is 0 Å². The molecule has 122 valence electrons. The molecule has 0 aromatic heterocycles. The Morgan fingerprint density at radius 1 is 1.18 bits per heavy atom. The number of rotatable bonds is 6. The van der Waals surface area contributed by atoms with Crippen LogP contribution >= 0.6 is 0 Å². The molecule has 2 amide bonds. The number of hydrogen-bond acceptors (Lipinski definition) is 4. The molecule has 0 bridgehead atoms. The van der Waals surface area contributed by atoms with Gasteiger partial charge in [0, 0.05) is 12.0 Å². The highest BCUT2D eigenvalue weighted by Gasteiger charge is 2.14. The second kappa shape index (κ2) is 8.16. The van der Waals surface area contributed by atoms with Gasteiger partial charge in [-0.2, -0.15) is 8.78 Å². The van der Waals surface area contributed by atoms with Gasteiger partial charge in [-0.05, 0) is 24.1 Å². The number of nitrogens with one attached hydrogen (secondary N) is 2. The molecule has 6 nitrogen and oxygen atoms in total. The molecule has 8 heteroatoms. The van der Waals surface area contributed by atoms with Crippen LogP contribution in [0.15, 0.2) is 18.2 Å². The Hall–Kier alpha value is -2.38. The van der Waals surface area contributed by atoms with E-state index in [1.165, 1.54) is 25.3 Å². The maximum Gasteiger partial charge on any atom is 0.387 e. The summed E-state index contributed by atoms with van der Waals surface area (Å²) in [4.78, 5) is 23.3. The van der Waals surface area contributed by atoms with Gasteiger partial charge in [0.2, 0.25) is 5.91 Å². The molecule has 0 atom stereocenters. The fraction of sp³-hybridized carbons (Fsp3) is 0.429. The Morgan fingerprint density at radius 2 is 1.86 bits per heavy atom. The van der Waals surface area contributed by atoms with Gasteiger partial charge in [0.05, 0.1) is 7.11 Å². The first-order valence-electron chi connectivity index (χ1n) is 6.55. The van der Waals surface area contributed by atoms with Gasteiger partial charge in [0.1, 0.15) is 0 Å². The van der Waals surface area contributed by atoms with Crippen LogP contribution < -0.4 is 20.3 Å². The first kappa shape index (κ1) is 17.7. The van der Waals surface area contributed by atoms with Crippen molar-refractivity contribution in [3.63, 3.8) is 0 Å². The van der Waals surface area contributed by atoms with Gasteiger partial charge in [-0.3, -0.25) is 20.4 Å². The predicted molar refractivity (Wildman–Crippen MR) is 74.7 cm³/mol. The molecule has 0 saturated carbocycles. The molecule has 0 spiro atoms. The largest absolute Gasteiger partial charge is 0.493 e. The molecule has 0 heterocycles. The second-order valence-corrected chi connectivity index (χ2v) is 4.84. The summed E-state index contributed by atoms with van der Waals surface area (Å²) in [6.07, 6.45) is 0.269. The lowest BCUT2D eigenvalue weighted by molar-refractivity contribution is -0.122. The number of hydrazine groups is 1. The Balaban J connectivity index is 2.71. The number of amides is 2. The van der Waals surface area contributed by atoms with Crippen molar-refractivity contribution in [3.8, 4) is 11.5 Å². The van der Waals surface area contributed by atoms with Crippen molar-refractivity contribution in [2.24, 2.45) is 5.92 Å². The molecule has 0 radical (unpaired) electrons. The van der Waals surface area contributed by atoms with Crippen molar-refractivity contribution in [1.82, 2.24) is 10.9 Å². The number of carbonyl (C=O) groups is 2. The second-order valence-electron chi connectivity index (χ2n) is 4.84. The van der Waals surface area contributed by atoms with E-state index in [-0.39, 0.29) is 35.3 Å². The highest BCUT2D eigenvalue weighted by atomic mass is 19.3. The zero-order valence-electron chi connectivity index (χ0n) is 12.5. The highest BCUT2D eigenvalue weighted by Crippen LogP contribution is 2.29. The summed E-state index contributed by atoms with van der Waals surface area (Å²) in [5, 5.41) is 0. The Kier molecular flexibility index (Phi) is 6.55. The molecule has 0 aliphatic heterocycles. The summed E-state index contributed by atoms with van der Waals surface area (Å²) in [6, 6.07) is 3.71. The Labute approximate surface area is 126 Å². The van der Waals surface area contributed by atoms with E-state index in [1.807, 2.05) is 13.8 Å². The molecule has 0 unspecified atom stereocenters. The van der Waals surface area contributed by atoms with E-state index in [9.17, 15) is 18.4 Å². The molecule has 0 saturated heterocycles. The molecule has 2 N–H and O–H groups in total. The highest BCUT2D eigenvalue weighted by molar-refractivity contribution is 5.96. The lowest BCUT2D eigenvalue weighted by Gasteiger charge is -2.12. The number of ether oxygens (including phenoxy) is 2. The molecule has 0 aliphatic rings. The van der Waals surface area contributed by atoms with Crippen molar-refractivity contribution in [3.05, 3.63) is 23.8 Å². The molecule has 0 fully saturated rings. The number of methoxy groups -OCH3 is 1. The Bertz CT molecular complexity index is 536. The van der Waals surface area contributed by atoms with Crippen LogP contribution in [-0.2, 0) is 4.79 Å². The van der Waals surface area contributed by atoms with Crippen molar-refractivity contribution in [2.45, 2.75) is 26.9 Å². The van der Waals surface area contributed by atoms with Crippen LogP contribution in [0.5, 0.6) is 11.5 Å². The monoisotopic (exact) mass is 316 g/mol. The fourth-order valence-corrected chi connectivity index (χ4v) is 1.62. The molecule has 0 aliphatic carbocycles. The van der Waals surface area contributed by atoms with Crippen molar-refractivity contribution >= 4 is 11.8 Å². The van der Waals surface area contributed by atoms with E-state index in [4.69, 9.17) is 4.74 Å². The molecular formula is C14H18F2N2O4. The van der Waals surface area contributed by atoms with Crippen molar-refractivity contribution in [1.29, 1.82) is 0 Å². The van der Waals surface area contributed by atoms with Crippen molar-refractivity contribution in [2.75, 3.05) is 7.11 Å². The van der Waals surface area contributed by atoms with Crippen LogP contribution in [0.4, 0.5) is 8.78 Å². The summed E-state index contributed by atoms with van der Waals surface area (Å²) in [7, 11) is 1.26. The van der Waals surface area contributed by atoms with E-state index in [0.29, 0.717) is 0 Å². The molecule has 1 rings (SSSR count). The topological polar surface area (TPSA) is 76.7 Å². The van der Waals surface area contributed by atoms with Gasteiger partial charge in [-0.25, -0.2) is 0 Å². The third-order valence-electron chi connectivity index (χ3n) is 2.55. The fourth-order valence-electron chi connectivity index (χ4n) is 1.62. The van der Waals surface area contributed by atoms with E-state index < -0.39 is 12.5 Å². The number of carbonyl (C=O) groups excluding carboxylic acids is 2. The van der Waals surface area contributed by atoms with E-state index in [0.717, 1.165) is 0 Å². The molecule has 1 aromatic carbocycles. The van der Waals surface area contributed by atoms with Crippen LogP contribution in [0.3, 0.4) is 0 Å². The summed E-state index contributed by atoms with van der Waals surface area (Å²) < 4.78 is 33.6. The number of halogens is 2. The quantitative estimate of drug-likeness (QED) is 0.788. The summed E-state index contributed by atoms with van der Waals surface area (Å²) >= 11 is 0. The van der Waals surface area contributed by atoms with E-state index >= 15 is 0 Å². The molecule has 1 aromatic rings. The minimum absolute atomic E-state index is 0.0125. The SMILES string of the molecule is COc1cc(C(=O)NNC(=O)CC(C)C)ccc1OC(F)F. The Morgan fingerprint density at radius 3 is 2.41 bits per heavy atom. The average molecular weight is 316 g/mol. The van der Waals surface area contributed by atoms with Crippen LogP contribution in [0, 0.1) is 5.92 Å². The minimum Gasteiger partial charge on any atom is -0.493 e. The predicted octanol–water partition coefficient (Wildman–Crippen LogP) is 2.10. The summed E-state index contributed by atoms with van der Waals surface area (Å²) in [5.74, 6) is -0.964. The molecule has 22 heavy (non-hydrogen) atoms. The van der Waals surface area contributed by atoms with Gasteiger partial charge >= 0.3 is 6.61 Å². The lowest BCUT2D eigenvalue weighted by Crippen LogP contribution is -2.42. The third-order valence-corrected chi connectivity index (χ3v) is 2.55. The van der Waals surface area contributed by atoms with Gasteiger partial charge in [-0.15, -0.1) is 0 Å².